The van der Waals surface area contributed by atoms with Crippen molar-refractivity contribution in [3.8, 4) is 0 Å². The minimum absolute atomic E-state index is 0.147. The third kappa shape index (κ3) is 3.71. The van der Waals surface area contributed by atoms with Crippen molar-refractivity contribution >= 4 is 34.8 Å². The smallest absolute Gasteiger partial charge is 0.323 e. The highest BCUT2D eigenvalue weighted by Crippen LogP contribution is 2.29. The SMILES string of the molecule is CC(C(=O)N(CC(=O)O)C(C)C)c1ccc(Cl)s1. The van der Waals surface area contributed by atoms with Gasteiger partial charge in [-0.05, 0) is 32.9 Å². The fraction of sp³-hybridized carbons (Fsp3) is 0.500. The molecule has 0 spiro atoms. The van der Waals surface area contributed by atoms with Crippen LogP contribution >= 0.6 is 22.9 Å². The molecule has 0 aliphatic rings. The highest BCUT2D eigenvalue weighted by atomic mass is 35.5. The summed E-state index contributed by atoms with van der Waals surface area (Å²) in [6, 6.07) is 3.39. The number of rotatable bonds is 5. The number of carbonyl (C=O) groups excluding carboxylic acids is 1. The van der Waals surface area contributed by atoms with Crippen LogP contribution in [0.4, 0.5) is 0 Å². The van der Waals surface area contributed by atoms with Crippen LogP contribution in [0.25, 0.3) is 0 Å². The summed E-state index contributed by atoms with van der Waals surface area (Å²) < 4.78 is 0.624. The van der Waals surface area contributed by atoms with Crippen molar-refractivity contribution in [2.24, 2.45) is 0 Å². The molecule has 1 atom stereocenters. The molecule has 0 aromatic carbocycles. The lowest BCUT2D eigenvalue weighted by atomic mass is 10.1. The van der Waals surface area contributed by atoms with Crippen molar-refractivity contribution < 1.29 is 14.7 Å². The summed E-state index contributed by atoms with van der Waals surface area (Å²) >= 11 is 7.18. The Labute approximate surface area is 115 Å². The first-order valence-electron chi connectivity index (χ1n) is 5.60. The maximum atomic E-state index is 12.3. The lowest BCUT2D eigenvalue weighted by Gasteiger charge is -2.27. The van der Waals surface area contributed by atoms with Crippen LogP contribution in [-0.4, -0.2) is 34.5 Å². The third-order valence-electron chi connectivity index (χ3n) is 2.60. The molecule has 0 saturated heterocycles. The average Bonchev–Trinajstić information content (AvgIpc) is 2.70. The van der Waals surface area contributed by atoms with E-state index in [1.807, 2.05) is 0 Å². The van der Waals surface area contributed by atoms with Crippen molar-refractivity contribution in [1.82, 2.24) is 4.90 Å². The van der Waals surface area contributed by atoms with Crippen LogP contribution in [0.2, 0.25) is 4.34 Å². The van der Waals surface area contributed by atoms with Gasteiger partial charge >= 0.3 is 5.97 Å². The van der Waals surface area contributed by atoms with Crippen LogP contribution in [0.1, 0.15) is 31.6 Å². The molecular formula is C12H16ClNO3S. The molecule has 1 unspecified atom stereocenters. The second-order valence-electron chi connectivity index (χ2n) is 4.32. The molecular weight excluding hydrogens is 274 g/mol. The zero-order valence-electron chi connectivity index (χ0n) is 10.5. The summed E-state index contributed by atoms with van der Waals surface area (Å²) in [6.07, 6.45) is 0. The van der Waals surface area contributed by atoms with Crippen LogP contribution in [0.15, 0.2) is 12.1 Å². The monoisotopic (exact) mass is 289 g/mol. The van der Waals surface area contributed by atoms with E-state index < -0.39 is 5.97 Å². The van der Waals surface area contributed by atoms with Crippen LogP contribution in [0.5, 0.6) is 0 Å². The van der Waals surface area contributed by atoms with Gasteiger partial charge in [-0.2, -0.15) is 0 Å². The topological polar surface area (TPSA) is 57.6 Å². The molecule has 1 amide bonds. The minimum atomic E-state index is -1.01. The van der Waals surface area contributed by atoms with E-state index in [1.54, 1.807) is 32.9 Å². The van der Waals surface area contributed by atoms with Gasteiger partial charge in [0.15, 0.2) is 0 Å². The fourth-order valence-corrected chi connectivity index (χ4v) is 2.70. The van der Waals surface area contributed by atoms with Gasteiger partial charge < -0.3 is 10.0 Å². The first-order chi connectivity index (χ1) is 8.32. The number of amides is 1. The predicted octanol–water partition coefficient (Wildman–Crippen LogP) is 2.83. The Morgan fingerprint density at radius 2 is 2.00 bits per heavy atom. The number of carboxylic acid groups (broad SMARTS) is 1. The van der Waals surface area contributed by atoms with Crippen molar-refractivity contribution in [1.29, 1.82) is 0 Å². The number of hydrogen-bond donors (Lipinski definition) is 1. The first-order valence-corrected chi connectivity index (χ1v) is 6.80. The third-order valence-corrected chi connectivity index (χ3v) is 4.02. The van der Waals surface area contributed by atoms with Gasteiger partial charge in [0.1, 0.15) is 6.54 Å². The number of carboxylic acids is 1. The highest BCUT2D eigenvalue weighted by molar-refractivity contribution is 7.16. The van der Waals surface area contributed by atoms with Crippen molar-refractivity contribution in [2.45, 2.75) is 32.7 Å². The average molecular weight is 290 g/mol. The van der Waals surface area contributed by atoms with Crippen LogP contribution in [0, 0.1) is 0 Å². The van der Waals surface area contributed by atoms with Gasteiger partial charge in [-0.1, -0.05) is 11.6 Å². The summed E-state index contributed by atoms with van der Waals surface area (Å²) in [5.74, 6) is -1.57. The molecule has 4 nitrogen and oxygen atoms in total. The normalized spacial score (nSPS) is 12.5. The summed E-state index contributed by atoms with van der Waals surface area (Å²) in [5.41, 5.74) is 0. The lowest BCUT2D eigenvalue weighted by molar-refractivity contribution is -0.146. The molecule has 1 aromatic heterocycles. The van der Waals surface area contributed by atoms with Crippen molar-refractivity contribution in [2.75, 3.05) is 6.54 Å². The van der Waals surface area contributed by atoms with Gasteiger partial charge in [0.05, 0.1) is 10.3 Å². The molecule has 6 heteroatoms. The van der Waals surface area contributed by atoms with E-state index in [9.17, 15) is 9.59 Å². The zero-order valence-corrected chi connectivity index (χ0v) is 12.1. The maximum Gasteiger partial charge on any atom is 0.323 e. The molecule has 0 saturated carbocycles. The number of halogens is 1. The largest absolute Gasteiger partial charge is 0.480 e. The number of nitrogens with zero attached hydrogens (tertiary/aromatic N) is 1. The molecule has 0 bridgehead atoms. The Bertz CT molecular complexity index is 444. The number of aliphatic carboxylic acids is 1. The second-order valence-corrected chi connectivity index (χ2v) is 6.06. The summed E-state index contributed by atoms with van der Waals surface area (Å²) in [6.45, 7) is 5.09. The van der Waals surface area contributed by atoms with Crippen LogP contribution in [0.3, 0.4) is 0 Å². The van der Waals surface area contributed by atoms with Gasteiger partial charge in [-0.15, -0.1) is 11.3 Å². The van der Waals surface area contributed by atoms with Gasteiger partial charge in [-0.3, -0.25) is 9.59 Å². The van der Waals surface area contributed by atoms with Gasteiger partial charge in [0.25, 0.3) is 0 Å². The summed E-state index contributed by atoms with van der Waals surface area (Å²) in [5, 5.41) is 8.83. The zero-order chi connectivity index (χ0) is 13.9. The lowest BCUT2D eigenvalue weighted by Crippen LogP contribution is -2.42. The molecule has 1 aromatic rings. The molecule has 0 aliphatic heterocycles. The van der Waals surface area contributed by atoms with Crippen molar-refractivity contribution in [3.05, 3.63) is 21.3 Å². The molecule has 1 N–H and O–H groups in total. The molecule has 1 heterocycles. The Morgan fingerprint density at radius 3 is 2.39 bits per heavy atom. The van der Waals surface area contributed by atoms with E-state index in [2.05, 4.69) is 0 Å². The Morgan fingerprint density at radius 1 is 1.39 bits per heavy atom. The number of carbonyl (C=O) groups is 2. The van der Waals surface area contributed by atoms with Gasteiger partial charge in [0, 0.05) is 10.9 Å². The minimum Gasteiger partial charge on any atom is -0.480 e. The molecule has 100 valence electrons. The molecule has 1 rings (SSSR count). The van der Waals surface area contributed by atoms with E-state index in [0.29, 0.717) is 4.34 Å². The van der Waals surface area contributed by atoms with E-state index in [-0.39, 0.29) is 24.4 Å². The van der Waals surface area contributed by atoms with Gasteiger partial charge in [-0.25, -0.2) is 0 Å². The van der Waals surface area contributed by atoms with Crippen molar-refractivity contribution in [3.63, 3.8) is 0 Å². The summed E-state index contributed by atoms with van der Waals surface area (Å²) in [7, 11) is 0. The van der Waals surface area contributed by atoms with Gasteiger partial charge in [0.2, 0.25) is 5.91 Å². The standard InChI is InChI=1S/C12H16ClNO3S/c1-7(2)14(6-11(15)16)12(17)8(3)9-4-5-10(13)18-9/h4-5,7-8H,6H2,1-3H3,(H,15,16). The fourth-order valence-electron chi connectivity index (χ4n) is 1.59. The quantitative estimate of drug-likeness (QED) is 0.907. The summed E-state index contributed by atoms with van der Waals surface area (Å²) in [4.78, 5) is 25.2. The number of hydrogen-bond acceptors (Lipinski definition) is 3. The molecule has 0 radical (unpaired) electrons. The molecule has 0 aliphatic carbocycles. The Hall–Kier alpha value is -1.07. The van der Waals surface area contributed by atoms with E-state index in [4.69, 9.17) is 16.7 Å². The maximum absolute atomic E-state index is 12.3. The highest BCUT2D eigenvalue weighted by Gasteiger charge is 2.26. The first kappa shape index (κ1) is 15.0. The number of thiophene rings is 1. The van der Waals surface area contributed by atoms with Crippen LogP contribution < -0.4 is 0 Å². The van der Waals surface area contributed by atoms with Crippen LogP contribution in [-0.2, 0) is 9.59 Å². The molecule has 0 fully saturated rings. The van der Waals surface area contributed by atoms with E-state index in [0.717, 1.165) is 4.88 Å². The van der Waals surface area contributed by atoms with E-state index in [1.165, 1.54) is 16.2 Å². The predicted molar refractivity (Wildman–Crippen MR) is 72.2 cm³/mol. The second kappa shape index (κ2) is 6.20. The van der Waals surface area contributed by atoms with E-state index >= 15 is 0 Å². The Kier molecular flexibility index (Phi) is 5.16. The Balaban J connectivity index is 2.85. The molecule has 18 heavy (non-hydrogen) atoms.